The predicted molar refractivity (Wildman–Crippen MR) is 65.1 cm³/mol. The summed E-state index contributed by atoms with van der Waals surface area (Å²) in [6, 6.07) is 3.52. The van der Waals surface area contributed by atoms with Crippen LogP contribution in [0.5, 0.6) is 0 Å². The van der Waals surface area contributed by atoms with Crippen LogP contribution in [0.2, 0.25) is 5.02 Å². The third-order valence-electron chi connectivity index (χ3n) is 3.01. The van der Waals surface area contributed by atoms with Crippen LogP contribution in [0.1, 0.15) is 36.1 Å². The van der Waals surface area contributed by atoms with E-state index in [9.17, 15) is 9.90 Å². The van der Waals surface area contributed by atoms with Crippen LogP contribution >= 0.6 is 11.6 Å². The zero-order chi connectivity index (χ0) is 12.4. The maximum atomic E-state index is 11.4. The maximum Gasteiger partial charge on any atom is 0.339 e. The fourth-order valence-corrected chi connectivity index (χ4v) is 2.53. The van der Waals surface area contributed by atoms with Crippen molar-refractivity contribution < 1.29 is 14.6 Å². The SMILES string of the molecule is CCOC(=O)C(O)c1cc(Cl)c2c(c1)CCC2. The van der Waals surface area contributed by atoms with Crippen LogP contribution in [0.15, 0.2) is 12.1 Å². The molecule has 0 heterocycles. The standard InChI is InChI=1S/C13H15ClO3/c1-2-17-13(16)12(15)9-6-8-4-3-5-10(8)11(14)7-9/h6-7,12,15H,2-5H2,1H3. The van der Waals surface area contributed by atoms with E-state index < -0.39 is 12.1 Å². The van der Waals surface area contributed by atoms with Crippen LogP contribution in [0.25, 0.3) is 0 Å². The summed E-state index contributed by atoms with van der Waals surface area (Å²) in [4.78, 5) is 11.4. The number of fused-ring (bicyclic) bond motifs is 1. The van der Waals surface area contributed by atoms with Crippen molar-refractivity contribution in [3.8, 4) is 0 Å². The summed E-state index contributed by atoms with van der Waals surface area (Å²) < 4.78 is 4.79. The minimum atomic E-state index is -1.24. The van der Waals surface area contributed by atoms with Crippen LogP contribution in [-0.4, -0.2) is 17.7 Å². The number of ether oxygens (including phenoxy) is 1. The fraction of sp³-hybridized carbons (Fsp3) is 0.462. The minimum Gasteiger partial charge on any atom is -0.464 e. The van der Waals surface area contributed by atoms with Crippen LogP contribution in [0.4, 0.5) is 0 Å². The average molecular weight is 255 g/mol. The van der Waals surface area contributed by atoms with Gasteiger partial charge in [-0.1, -0.05) is 17.7 Å². The molecule has 0 aromatic heterocycles. The van der Waals surface area contributed by atoms with E-state index in [4.69, 9.17) is 16.3 Å². The van der Waals surface area contributed by atoms with Crippen molar-refractivity contribution >= 4 is 17.6 Å². The molecule has 1 aromatic rings. The van der Waals surface area contributed by atoms with Crippen molar-refractivity contribution in [1.82, 2.24) is 0 Å². The van der Waals surface area contributed by atoms with Gasteiger partial charge in [-0.3, -0.25) is 0 Å². The van der Waals surface area contributed by atoms with Crippen molar-refractivity contribution in [2.75, 3.05) is 6.61 Å². The highest BCUT2D eigenvalue weighted by Crippen LogP contribution is 2.32. The van der Waals surface area contributed by atoms with Crippen LogP contribution in [-0.2, 0) is 22.4 Å². The summed E-state index contributed by atoms with van der Waals surface area (Å²) >= 11 is 6.14. The molecule has 0 spiro atoms. The van der Waals surface area contributed by atoms with Gasteiger partial charge in [-0.15, -0.1) is 0 Å². The number of aliphatic hydroxyl groups is 1. The van der Waals surface area contributed by atoms with E-state index >= 15 is 0 Å². The largest absolute Gasteiger partial charge is 0.464 e. The summed E-state index contributed by atoms with van der Waals surface area (Å²) in [5.41, 5.74) is 2.80. The van der Waals surface area contributed by atoms with E-state index in [1.807, 2.05) is 6.07 Å². The van der Waals surface area contributed by atoms with Gasteiger partial charge in [0.15, 0.2) is 6.10 Å². The van der Waals surface area contributed by atoms with Gasteiger partial charge in [-0.2, -0.15) is 0 Å². The van der Waals surface area contributed by atoms with Crippen molar-refractivity contribution in [3.63, 3.8) is 0 Å². The molecule has 1 N–H and O–H groups in total. The third-order valence-corrected chi connectivity index (χ3v) is 3.35. The van der Waals surface area contributed by atoms with Crippen molar-refractivity contribution in [3.05, 3.63) is 33.8 Å². The number of benzene rings is 1. The Morgan fingerprint density at radius 1 is 1.53 bits per heavy atom. The predicted octanol–water partition coefficient (Wildman–Crippen LogP) is 2.43. The third kappa shape index (κ3) is 2.45. The van der Waals surface area contributed by atoms with Gasteiger partial charge in [0.1, 0.15) is 0 Å². The second kappa shape index (κ2) is 5.07. The van der Waals surface area contributed by atoms with Gasteiger partial charge in [0, 0.05) is 5.02 Å². The minimum absolute atomic E-state index is 0.258. The Balaban J connectivity index is 2.28. The van der Waals surface area contributed by atoms with Crippen LogP contribution in [0.3, 0.4) is 0 Å². The topological polar surface area (TPSA) is 46.5 Å². The number of hydrogen-bond donors (Lipinski definition) is 1. The summed E-state index contributed by atoms with van der Waals surface area (Å²) in [6.45, 7) is 1.97. The van der Waals surface area contributed by atoms with E-state index in [0.717, 1.165) is 30.4 Å². The second-order valence-corrected chi connectivity index (χ2v) is 4.56. The molecule has 0 saturated heterocycles. The Morgan fingerprint density at radius 3 is 3.00 bits per heavy atom. The molecular formula is C13H15ClO3. The molecule has 0 fully saturated rings. The number of carbonyl (C=O) groups excluding carboxylic acids is 1. The lowest BCUT2D eigenvalue weighted by Gasteiger charge is -2.12. The Morgan fingerprint density at radius 2 is 2.29 bits per heavy atom. The Bertz CT molecular complexity index is 443. The molecule has 1 aliphatic carbocycles. The first-order chi connectivity index (χ1) is 8.13. The van der Waals surface area contributed by atoms with Gasteiger partial charge in [-0.05, 0) is 48.9 Å². The highest BCUT2D eigenvalue weighted by molar-refractivity contribution is 6.31. The molecule has 1 atom stereocenters. The molecular weight excluding hydrogens is 240 g/mol. The number of aliphatic hydroxyl groups excluding tert-OH is 1. The van der Waals surface area contributed by atoms with Gasteiger partial charge in [0.2, 0.25) is 0 Å². The highest BCUT2D eigenvalue weighted by atomic mass is 35.5. The number of hydrogen-bond acceptors (Lipinski definition) is 3. The molecule has 92 valence electrons. The average Bonchev–Trinajstić information content (AvgIpc) is 2.77. The summed E-state index contributed by atoms with van der Waals surface area (Å²) in [7, 11) is 0. The van der Waals surface area contributed by atoms with Gasteiger partial charge in [-0.25, -0.2) is 4.79 Å². The number of rotatable bonds is 3. The van der Waals surface area contributed by atoms with Crippen molar-refractivity contribution in [2.45, 2.75) is 32.3 Å². The van der Waals surface area contributed by atoms with Gasteiger partial charge < -0.3 is 9.84 Å². The summed E-state index contributed by atoms with van der Waals surface area (Å²) in [6.07, 6.45) is 1.77. The van der Waals surface area contributed by atoms with E-state index in [1.165, 1.54) is 0 Å². The Kier molecular flexibility index (Phi) is 3.69. The lowest BCUT2D eigenvalue weighted by Crippen LogP contribution is -2.15. The van der Waals surface area contributed by atoms with Crippen LogP contribution in [0, 0.1) is 0 Å². The van der Waals surface area contributed by atoms with E-state index in [-0.39, 0.29) is 6.61 Å². The lowest BCUT2D eigenvalue weighted by molar-refractivity contribution is -0.153. The van der Waals surface area contributed by atoms with Crippen molar-refractivity contribution in [1.29, 1.82) is 0 Å². The van der Waals surface area contributed by atoms with E-state index in [2.05, 4.69) is 0 Å². The normalized spacial score (nSPS) is 15.5. The second-order valence-electron chi connectivity index (χ2n) is 4.15. The van der Waals surface area contributed by atoms with Crippen LogP contribution < -0.4 is 0 Å². The molecule has 0 bridgehead atoms. The maximum absolute atomic E-state index is 11.4. The number of aryl methyl sites for hydroxylation is 1. The molecule has 1 aliphatic rings. The molecule has 3 nitrogen and oxygen atoms in total. The van der Waals surface area contributed by atoms with Gasteiger partial charge >= 0.3 is 5.97 Å². The molecule has 1 aromatic carbocycles. The molecule has 0 aliphatic heterocycles. The number of halogens is 1. The highest BCUT2D eigenvalue weighted by Gasteiger charge is 2.22. The Labute approximate surface area is 105 Å². The van der Waals surface area contributed by atoms with Crippen molar-refractivity contribution in [2.24, 2.45) is 0 Å². The smallest absolute Gasteiger partial charge is 0.339 e. The summed E-state index contributed by atoms with van der Waals surface area (Å²) in [5.74, 6) is -0.624. The quantitative estimate of drug-likeness (QED) is 0.843. The fourth-order valence-electron chi connectivity index (χ4n) is 2.19. The Hall–Kier alpha value is -1.06. The van der Waals surface area contributed by atoms with E-state index in [0.29, 0.717) is 10.6 Å². The first-order valence-corrected chi connectivity index (χ1v) is 6.17. The first-order valence-electron chi connectivity index (χ1n) is 5.79. The molecule has 2 rings (SSSR count). The number of carbonyl (C=O) groups is 1. The number of esters is 1. The first kappa shape index (κ1) is 12.4. The lowest BCUT2D eigenvalue weighted by atomic mass is 10.0. The molecule has 0 radical (unpaired) electrons. The molecule has 0 saturated carbocycles. The zero-order valence-electron chi connectivity index (χ0n) is 9.70. The molecule has 4 heteroatoms. The van der Waals surface area contributed by atoms with Gasteiger partial charge in [0.25, 0.3) is 0 Å². The summed E-state index contributed by atoms with van der Waals surface area (Å²) in [5, 5.41) is 10.5. The van der Waals surface area contributed by atoms with E-state index in [1.54, 1.807) is 13.0 Å². The molecule has 0 amide bonds. The molecule has 1 unspecified atom stereocenters. The van der Waals surface area contributed by atoms with Gasteiger partial charge in [0.05, 0.1) is 6.61 Å². The monoisotopic (exact) mass is 254 g/mol. The zero-order valence-corrected chi connectivity index (χ0v) is 10.5. The molecule has 17 heavy (non-hydrogen) atoms.